The number of carbonyl (C=O) groups excluding carboxylic acids is 1. The van der Waals surface area contributed by atoms with E-state index in [-0.39, 0.29) is 6.03 Å². The number of carboxylic acids is 1. The Morgan fingerprint density at radius 3 is 2.57 bits per heavy atom. The molecule has 0 bridgehead atoms. The van der Waals surface area contributed by atoms with Crippen molar-refractivity contribution in [2.75, 3.05) is 37.8 Å². The number of thioether (sulfide) groups is 1. The largest absolute Gasteiger partial charge is 0.480 e. The van der Waals surface area contributed by atoms with Crippen LogP contribution in [-0.2, 0) is 4.79 Å². The number of likely N-dealkylation sites (tertiary alicyclic amines) is 2. The highest BCUT2D eigenvalue weighted by atomic mass is 32.2. The molecule has 2 unspecified atom stereocenters. The lowest BCUT2D eigenvalue weighted by Gasteiger charge is -2.32. The molecule has 7 heteroatoms. The maximum Gasteiger partial charge on any atom is 0.327 e. The molecule has 0 radical (unpaired) electrons. The van der Waals surface area contributed by atoms with Crippen LogP contribution >= 0.6 is 11.8 Å². The molecule has 2 amide bonds. The molecule has 21 heavy (non-hydrogen) atoms. The molecule has 3 saturated heterocycles. The SMILES string of the molecule is O=C(O)C1CSCN1C(=O)N1CCC(N2CCCCC2)C1. The quantitative estimate of drug-likeness (QED) is 0.828. The summed E-state index contributed by atoms with van der Waals surface area (Å²) in [6.45, 7) is 3.80. The highest BCUT2D eigenvalue weighted by Gasteiger charge is 2.39. The molecule has 3 aliphatic rings. The molecular formula is C14H23N3O3S. The van der Waals surface area contributed by atoms with Gasteiger partial charge in [-0.15, -0.1) is 11.8 Å². The zero-order valence-corrected chi connectivity index (χ0v) is 13.1. The Labute approximate surface area is 129 Å². The number of nitrogens with zero attached hydrogens (tertiary/aromatic N) is 3. The van der Waals surface area contributed by atoms with Crippen LogP contribution in [0.25, 0.3) is 0 Å². The Balaban J connectivity index is 1.57. The maximum absolute atomic E-state index is 12.5. The van der Waals surface area contributed by atoms with Crippen LogP contribution in [0.3, 0.4) is 0 Å². The van der Waals surface area contributed by atoms with E-state index in [4.69, 9.17) is 0 Å². The van der Waals surface area contributed by atoms with Crippen LogP contribution in [0.1, 0.15) is 25.7 Å². The Kier molecular flexibility index (Phi) is 4.59. The van der Waals surface area contributed by atoms with Gasteiger partial charge in [0.25, 0.3) is 0 Å². The van der Waals surface area contributed by atoms with E-state index in [1.54, 1.807) is 0 Å². The molecule has 2 atom stereocenters. The first-order valence-electron chi connectivity index (χ1n) is 7.77. The van der Waals surface area contributed by atoms with Gasteiger partial charge in [0, 0.05) is 24.9 Å². The Morgan fingerprint density at radius 2 is 1.86 bits per heavy atom. The lowest BCUT2D eigenvalue weighted by molar-refractivity contribution is -0.140. The molecule has 0 aromatic carbocycles. The molecule has 3 heterocycles. The fraction of sp³-hybridized carbons (Fsp3) is 0.857. The first-order chi connectivity index (χ1) is 10.2. The van der Waals surface area contributed by atoms with Crippen molar-refractivity contribution in [3.8, 4) is 0 Å². The number of piperidine rings is 1. The number of aliphatic carboxylic acids is 1. The van der Waals surface area contributed by atoms with Gasteiger partial charge in [-0.3, -0.25) is 4.90 Å². The predicted octanol–water partition coefficient (Wildman–Crippen LogP) is 1.13. The molecular weight excluding hydrogens is 290 g/mol. The summed E-state index contributed by atoms with van der Waals surface area (Å²) >= 11 is 1.52. The average Bonchev–Trinajstić information content (AvgIpc) is 3.17. The minimum atomic E-state index is -0.889. The number of hydrogen-bond donors (Lipinski definition) is 1. The molecule has 1 N–H and O–H groups in total. The van der Waals surface area contributed by atoms with Crippen LogP contribution < -0.4 is 0 Å². The van der Waals surface area contributed by atoms with Crippen molar-refractivity contribution in [2.24, 2.45) is 0 Å². The van der Waals surface area contributed by atoms with E-state index >= 15 is 0 Å². The summed E-state index contributed by atoms with van der Waals surface area (Å²) in [6.07, 6.45) is 4.85. The van der Waals surface area contributed by atoms with Gasteiger partial charge < -0.3 is 14.9 Å². The van der Waals surface area contributed by atoms with Crippen molar-refractivity contribution in [3.05, 3.63) is 0 Å². The summed E-state index contributed by atoms with van der Waals surface area (Å²) < 4.78 is 0. The van der Waals surface area contributed by atoms with Crippen molar-refractivity contribution in [1.82, 2.24) is 14.7 Å². The Hall–Kier alpha value is -0.950. The minimum Gasteiger partial charge on any atom is -0.480 e. The highest BCUT2D eigenvalue weighted by molar-refractivity contribution is 7.99. The van der Waals surface area contributed by atoms with Crippen LogP contribution in [0.2, 0.25) is 0 Å². The highest BCUT2D eigenvalue weighted by Crippen LogP contribution is 2.26. The second kappa shape index (κ2) is 6.44. The zero-order chi connectivity index (χ0) is 14.8. The summed E-state index contributed by atoms with van der Waals surface area (Å²) in [4.78, 5) is 29.6. The van der Waals surface area contributed by atoms with Crippen LogP contribution in [0.15, 0.2) is 0 Å². The molecule has 3 aliphatic heterocycles. The standard InChI is InChI=1S/C14H23N3O3S/c18-13(19)12-9-21-10-17(12)14(20)16-7-4-11(8-16)15-5-2-1-3-6-15/h11-12H,1-10H2,(H,18,19). The Bertz CT molecular complexity index is 414. The van der Waals surface area contributed by atoms with Gasteiger partial charge in [0.05, 0.1) is 5.88 Å². The lowest BCUT2D eigenvalue weighted by atomic mass is 10.1. The van der Waals surface area contributed by atoms with E-state index in [0.29, 0.717) is 17.7 Å². The van der Waals surface area contributed by atoms with E-state index in [9.17, 15) is 14.7 Å². The Morgan fingerprint density at radius 1 is 1.10 bits per heavy atom. The number of amides is 2. The van der Waals surface area contributed by atoms with Crippen molar-refractivity contribution in [2.45, 2.75) is 37.8 Å². The molecule has 0 aromatic heterocycles. The number of carbonyl (C=O) groups is 2. The summed E-state index contributed by atoms with van der Waals surface area (Å²) in [5, 5.41) is 9.20. The van der Waals surface area contributed by atoms with Gasteiger partial charge in [-0.2, -0.15) is 0 Å². The fourth-order valence-corrected chi connectivity index (χ4v) is 4.65. The third-order valence-electron chi connectivity index (χ3n) is 4.75. The third kappa shape index (κ3) is 3.13. The van der Waals surface area contributed by atoms with Gasteiger partial charge >= 0.3 is 12.0 Å². The van der Waals surface area contributed by atoms with Gasteiger partial charge in [-0.25, -0.2) is 9.59 Å². The normalized spacial score (nSPS) is 30.9. The molecule has 118 valence electrons. The number of hydrogen-bond acceptors (Lipinski definition) is 4. The van der Waals surface area contributed by atoms with Gasteiger partial charge in [0.2, 0.25) is 0 Å². The van der Waals surface area contributed by atoms with Gasteiger partial charge in [-0.1, -0.05) is 6.42 Å². The molecule has 3 rings (SSSR count). The summed E-state index contributed by atoms with van der Waals surface area (Å²) in [5.41, 5.74) is 0. The minimum absolute atomic E-state index is 0.0908. The van der Waals surface area contributed by atoms with E-state index in [1.807, 2.05) is 4.90 Å². The molecule has 6 nitrogen and oxygen atoms in total. The molecule has 0 saturated carbocycles. The van der Waals surface area contributed by atoms with Crippen LogP contribution in [0.5, 0.6) is 0 Å². The van der Waals surface area contributed by atoms with Gasteiger partial charge in [-0.05, 0) is 32.4 Å². The van der Waals surface area contributed by atoms with Crippen molar-refractivity contribution in [1.29, 1.82) is 0 Å². The molecule has 0 spiro atoms. The first kappa shape index (κ1) is 15.0. The lowest BCUT2D eigenvalue weighted by Crippen LogP contribution is -2.49. The topological polar surface area (TPSA) is 64.1 Å². The predicted molar refractivity (Wildman–Crippen MR) is 81.4 cm³/mol. The average molecular weight is 313 g/mol. The number of urea groups is 1. The third-order valence-corrected chi connectivity index (χ3v) is 5.77. The first-order valence-corrected chi connectivity index (χ1v) is 8.92. The van der Waals surface area contributed by atoms with Crippen LogP contribution in [0.4, 0.5) is 4.79 Å². The van der Waals surface area contributed by atoms with Gasteiger partial charge in [0.1, 0.15) is 6.04 Å². The fourth-order valence-electron chi connectivity index (χ4n) is 3.51. The molecule has 0 aromatic rings. The zero-order valence-electron chi connectivity index (χ0n) is 12.2. The second-order valence-corrected chi connectivity index (χ2v) is 7.09. The summed E-state index contributed by atoms with van der Waals surface area (Å²) in [5.74, 6) is 0.116. The maximum atomic E-state index is 12.5. The van der Waals surface area contributed by atoms with E-state index in [1.165, 1.54) is 35.9 Å². The molecule has 0 aliphatic carbocycles. The van der Waals surface area contributed by atoms with Crippen LogP contribution in [0, 0.1) is 0 Å². The monoisotopic (exact) mass is 313 g/mol. The summed E-state index contributed by atoms with van der Waals surface area (Å²) in [7, 11) is 0. The van der Waals surface area contributed by atoms with E-state index in [0.717, 1.165) is 32.6 Å². The van der Waals surface area contributed by atoms with Crippen molar-refractivity contribution in [3.63, 3.8) is 0 Å². The molecule has 3 fully saturated rings. The van der Waals surface area contributed by atoms with E-state index in [2.05, 4.69) is 4.90 Å². The van der Waals surface area contributed by atoms with Crippen LogP contribution in [-0.4, -0.2) is 81.7 Å². The van der Waals surface area contributed by atoms with Gasteiger partial charge in [0.15, 0.2) is 0 Å². The summed E-state index contributed by atoms with van der Waals surface area (Å²) in [6, 6.07) is -0.281. The number of rotatable bonds is 2. The van der Waals surface area contributed by atoms with Crippen molar-refractivity contribution >= 4 is 23.8 Å². The van der Waals surface area contributed by atoms with E-state index < -0.39 is 12.0 Å². The number of carboxylic acid groups (broad SMARTS) is 1. The second-order valence-electron chi connectivity index (χ2n) is 6.09. The smallest absolute Gasteiger partial charge is 0.327 e. The van der Waals surface area contributed by atoms with Crippen molar-refractivity contribution < 1.29 is 14.7 Å².